The molecule has 0 bridgehead atoms. The second kappa shape index (κ2) is 7.94. The van der Waals surface area contributed by atoms with Crippen molar-refractivity contribution in [2.24, 2.45) is 0 Å². The zero-order valence-corrected chi connectivity index (χ0v) is 14.4. The number of aromatic nitrogens is 3. The number of halogens is 3. The maximum absolute atomic E-state index is 12.3. The van der Waals surface area contributed by atoms with Crippen LogP contribution >= 0.6 is 0 Å². The quantitative estimate of drug-likeness (QED) is 0.648. The van der Waals surface area contributed by atoms with E-state index < -0.39 is 12.1 Å². The molecule has 3 aromatic heterocycles. The minimum atomic E-state index is -5.08. The highest BCUT2D eigenvalue weighted by Crippen LogP contribution is 2.24. The molecular formula is C17H17F3N4O3. The third-order valence-corrected chi connectivity index (χ3v) is 3.36. The van der Waals surface area contributed by atoms with Crippen molar-refractivity contribution in [3.05, 3.63) is 48.3 Å². The number of pyridine rings is 1. The van der Waals surface area contributed by atoms with E-state index in [0.717, 1.165) is 16.9 Å². The average molecular weight is 382 g/mol. The van der Waals surface area contributed by atoms with Gasteiger partial charge < -0.3 is 14.8 Å². The number of hydrogen-bond acceptors (Lipinski definition) is 3. The first-order chi connectivity index (χ1) is 12.6. The molecule has 0 radical (unpaired) electrons. The third-order valence-electron chi connectivity index (χ3n) is 3.36. The van der Waals surface area contributed by atoms with Crippen LogP contribution in [0.1, 0.15) is 24.2 Å². The lowest BCUT2D eigenvalue weighted by atomic mass is 10.2. The van der Waals surface area contributed by atoms with Gasteiger partial charge in [0, 0.05) is 18.4 Å². The van der Waals surface area contributed by atoms with E-state index in [9.17, 15) is 18.0 Å². The van der Waals surface area contributed by atoms with E-state index in [1.807, 2.05) is 54.8 Å². The Morgan fingerprint density at radius 2 is 1.93 bits per heavy atom. The SMILES string of the molecule is CC(C)NC(=O)c1cc(-c2ccn[nH]2)n2ccccc12.O=C(O)C(F)(F)F. The molecule has 3 rings (SSSR count). The van der Waals surface area contributed by atoms with Gasteiger partial charge in [-0.3, -0.25) is 9.89 Å². The molecule has 0 aliphatic carbocycles. The molecule has 7 nitrogen and oxygen atoms in total. The number of aromatic amines is 1. The molecule has 0 aliphatic rings. The fourth-order valence-electron chi connectivity index (χ4n) is 2.28. The van der Waals surface area contributed by atoms with Crippen molar-refractivity contribution >= 4 is 17.4 Å². The van der Waals surface area contributed by atoms with Crippen LogP contribution in [0.3, 0.4) is 0 Å². The molecule has 27 heavy (non-hydrogen) atoms. The lowest BCUT2D eigenvalue weighted by molar-refractivity contribution is -0.192. The van der Waals surface area contributed by atoms with Crippen LogP contribution in [0.25, 0.3) is 16.9 Å². The molecule has 0 aliphatic heterocycles. The van der Waals surface area contributed by atoms with Gasteiger partial charge in [-0.2, -0.15) is 18.3 Å². The largest absolute Gasteiger partial charge is 0.490 e. The van der Waals surface area contributed by atoms with Gasteiger partial charge in [0.05, 0.1) is 22.5 Å². The van der Waals surface area contributed by atoms with Crippen molar-refractivity contribution in [2.45, 2.75) is 26.1 Å². The van der Waals surface area contributed by atoms with E-state index in [0.29, 0.717) is 5.56 Å². The molecule has 3 aromatic rings. The fraction of sp³-hybridized carbons (Fsp3) is 0.235. The minimum Gasteiger partial charge on any atom is -0.475 e. The van der Waals surface area contributed by atoms with Crippen LogP contribution in [0.2, 0.25) is 0 Å². The van der Waals surface area contributed by atoms with E-state index in [4.69, 9.17) is 9.90 Å². The smallest absolute Gasteiger partial charge is 0.475 e. The van der Waals surface area contributed by atoms with Crippen LogP contribution in [0.15, 0.2) is 42.7 Å². The first kappa shape index (κ1) is 20.0. The molecule has 10 heteroatoms. The van der Waals surface area contributed by atoms with Gasteiger partial charge in [0.1, 0.15) is 0 Å². The number of alkyl halides is 3. The van der Waals surface area contributed by atoms with E-state index in [1.54, 1.807) is 6.20 Å². The van der Waals surface area contributed by atoms with Gasteiger partial charge in [0.25, 0.3) is 5.91 Å². The Morgan fingerprint density at radius 1 is 1.26 bits per heavy atom. The number of nitrogens with one attached hydrogen (secondary N) is 2. The summed E-state index contributed by atoms with van der Waals surface area (Å²) in [6.07, 6.45) is -1.44. The summed E-state index contributed by atoms with van der Waals surface area (Å²) in [6, 6.07) is 9.70. The van der Waals surface area contributed by atoms with Crippen molar-refractivity contribution in [3.63, 3.8) is 0 Å². The molecule has 0 saturated carbocycles. The summed E-state index contributed by atoms with van der Waals surface area (Å²) in [4.78, 5) is 21.2. The number of rotatable bonds is 3. The fourth-order valence-corrected chi connectivity index (χ4v) is 2.28. The highest BCUT2D eigenvalue weighted by Gasteiger charge is 2.38. The lowest BCUT2D eigenvalue weighted by Gasteiger charge is -2.07. The van der Waals surface area contributed by atoms with Crippen LogP contribution in [0.4, 0.5) is 13.2 Å². The first-order valence-electron chi connectivity index (χ1n) is 7.82. The number of H-pyrrole nitrogens is 1. The van der Waals surface area contributed by atoms with E-state index >= 15 is 0 Å². The van der Waals surface area contributed by atoms with Gasteiger partial charge >= 0.3 is 12.1 Å². The molecule has 0 atom stereocenters. The van der Waals surface area contributed by atoms with Crippen molar-refractivity contribution in [1.29, 1.82) is 0 Å². The van der Waals surface area contributed by atoms with Crippen LogP contribution in [-0.4, -0.2) is 43.8 Å². The summed E-state index contributed by atoms with van der Waals surface area (Å²) in [5.41, 5.74) is 3.36. The normalized spacial score (nSPS) is 11.2. The summed E-state index contributed by atoms with van der Waals surface area (Å²) < 4.78 is 33.7. The van der Waals surface area contributed by atoms with Crippen LogP contribution in [0, 0.1) is 0 Å². The Kier molecular flexibility index (Phi) is 5.88. The van der Waals surface area contributed by atoms with Crippen molar-refractivity contribution in [1.82, 2.24) is 19.9 Å². The molecule has 0 fully saturated rings. The number of carbonyl (C=O) groups is 2. The number of aliphatic carboxylic acids is 1. The van der Waals surface area contributed by atoms with Gasteiger partial charge in [0.15, 0.2) is 0 Å². The number of carbonyl (C=O) groups excluding carboxylic acids is 1. The van der Waals surface area contributed by atoms with Crippen LogP contribution in [0.5, 0.6) is 0 Å². The Morgan fingerprint density at radius 3 is 2.44 bits per heavy atom. The van der Waals surface area contributed by atoms with E-state index in [1.165, 1.54) is 0 Å². The molecule has 0 spiro atoms. The number of nitrogens with zero attached hydrogens (tertiary/aromatic N) is 2. The standard InChI is InChI=1S/C15H16N4O.C2HF3O2/c1-10(2)17-15(20)11-9-14(12-6-7-16-18-12)19-8-4-3-5-13(11)19;3-2(4,5)1(6)7/h3-10H,1-2H3,(H,16,18)(H,17,20);(H,6,7). The maximum atomic E-state index is 12.3. The topological polar surface area (TPSA) is 99.5 Å². The van der Waals surface area contributed by atoms with Crippen LogP contribution in [-0.2, 0) is 4.79 Å². The summed E-state index contributed by atoms with van der Waals surface area (Å²) in [7, 11) is 0. The Hall–Kier alpha value is -3.30. The molecular weight excluding hydrogens is 365 g/mol. The predicted octanol–water partition coefficient (Wildman–Crippen LogP) is 3.10. The minimum absolute atomic E-state index is 0.0607. The molecule has 144 valence electrons. The molecule has 0 saturated heterocycles. The number of carboxylic acids is 1. The second-order valence-corrected chi connectivity index (χ2v) is 5.80. The van der Waals surface area contributed by atoms with Gasteiger partial charge in [0.2, 0.25) is 0 Å². The van der Waals surface area contributed by atoms with E-state index in [2.05, 4.69) is 15.5 Å². The van der Waals surface area contributed by atoms with Crippen LogP contribution < -0.4 is 5.32 Å². The number of hydrogen-bond donors (Lipinski definition) is 3. The number of fused-ring (bicyclic) bond motifs is 1. The Balaban J connectivity index is 0.000000321. The summed E-state index contributed by atoms with van der Waals surface area (Å²) >= 11 is 0. The molecule has 3 N–H and O–H groups in total. The number of amides is 1. The van der Waals surface area contributed by atoms with Crippen molar-refractivity contribution < 1.29 is 27.9 Å². The zero-order chi connectivity index (χ0) is 20.2. The molecule has 3 heterocycles. The summed E-state index contributed by atoms with van der Waals surface area (Å²) in [5.74, 6) is -2.82. The highest BCUT2D eigenvalue weighted by atomic mass is 19.4. The van der Waals surface area contributed by atoms with Gasteiger partial charge in [-0.1, -0.05) is 6.07 Å². The molecule has 0 unspecified atom stereocenters. The maximum Gasteiger partial charge on any atom is 0.490 e. The Bertz CT molecular complexity index is 931. The monoisotopic (exact) mass is 382 g/mol. The van der Waals surface area contributed by atoms with Crippen molar-refractivity contribution in [3.8, 4) is 11.4 Å². The zero-order valence-electron chi connectivity index (χ0n) is 14.4. The molecule has 1 amide bonds. The Labute approximate surface area is 151 Å². The highest BCUT2D eigenvalue weighted by molar-refractivity contribution is 6.02. The van der Waals surface area contributed by atoms with Crippen molar-refractivity contribution in [2.75, 3.05) is 0 Å². The molecule has 0 aromatic carbocycles. The van der Waals surface area contributed by atoms with Gasteiger partial charge in [-0.15, -0.1) is 0 Å². The number of carboxylic acid groups (broad SMARTS) is 1. The summed E-state index contributed by atoms with van der Waals surface area (Å²) in [6.45, 7) is 3.90. The van der Waals surface area contributed by atoms with E-state index in [-0.39, 0.29) is 11.9 Å². The van der Waals surface area contributed by atoms with Gasteiger partial charge in [-0.05, 0) is 38.1 Å². The predicted molar refractivity (Wildman–Crippen MR) is 91.3 cm³/mol. The first-order valence-corrected chi connectivity index (χ1v) is 7.82. The third kappa shape index (κ3) is 4.87. The second-order valence-electron chi connectivity index (χ2n) is 5.80. The van der Waals surface area contributed by atoms with Gasteiger partial charge in [-0.25, -0.2) is 4.79 Å². The summed E-state index contributed by atoms with van der Waals surface area (Å²) in [5, 5.41) is 17.0. The lowest BCUT2D eigenvalue weighted by Crippen LogP contribution is -2.29. The average Bonchev–Trinajstić information content (AvgIpc) is 3.21.